The Bertz CT molecular complexity index is 1090. The number of anilines is 1. The smallest absolute Gasteiger partial charge is 0.232 e. The van der Waals surface area contributed by atoms with Crippen molar-refractivity contribution in [1.82, 2.24) is 0 Å². The van der Waals surface area contributed by atoms with E-state index in [1.54, 1.807) is 0 Å². The van der Waals surface area contributed by atoms with E-state index in [4.69, 9.17) is 9.47 Å². The van der Waals surface area contributed by atoms with Crippen molar-refractivity contribution >= 4 is 11.6 Å². The van der Waals surface area contributed by atoms with Crippen LogP contribution in [0.15, 0.2) is 60.7 Å². The van der Waals surface area contributed by atoms with E-state index in [1.165, 1.54) is 11.1 Å². The Balaban J connectivity index is 1.90. The van der Waals surface area contributed by atoms with E-state index in [-0.39, 0.29) is 11.9 Å². The number of carbonyl (C=O) groups is 1. The summed E-state index contributed by atoms with van der Waals surface area (Å²) in [5, 5.41) is 0. The zero-order chi connectivity index (χ0) is 22.7. The van der Waals surface area contributed by atoms with Crippen LogP contribution >= 0.6 is 0 Å². The lowest BCUT2D eigenvalue weighted by molar-refractivity contribution is -0.118. The van der Waals surface area contributed by atoms with Crippen LogP contribution in [0.5, 0.6) is 11.5 Å². The highest BCUT2D eigenvalue weighted by molar-refractivity contribution is 5.98. The molecule has 4 nitrogen and oxygen atoms in total. The van der Waals surface area contributed by atoms with E-state index >= 15 is 0 Å². The van der Waals surface area contributed by atoms with Gasteiger partial charge in [0.1, 0.15) is 0 Å². The predicted molar refractivity (Wildman–Crippen MR) is 129 cm³/mol. The number of hydrogen-bond donors (Lipinski definition) is 0. The Morgan fingerprint density at radius 2 is 1.50 bits per heavy atom. The molecule has 1 aliphatic heterocycles. The average molecular weight is 430 g/mol. The fourth-order valence-corrected chi connectivity index (χ4v) is 4.36. The van der Waals surface area contributed by atoms with E-state index in [0.29, 0.717) is 25.4 Å². The van der Waals surface area contributed by atoms with Gasteiger partial charge in [0.25, 0.3) is 0 Å². The molecule has 3 aromatic carbocycles. The molecule has 1 aliphatic rings. The number of fused-ring (bicyclic) bond motifs is 1. The van der Waals surface area contributed by atoms with Crippen LogP contribution in [0, 0.1) is 6.92 Å². The minimum Gasteiger partial charge on any atom is -0.490 e. The van der Waals surface area contributed by atoms with Gasteiger partial charge in [-0.2, -0.15) is 0 Å². The Kier molecular flexibility index (Phi) is 6.50. The highest BCUT2D eigenvalue weighted by Crippen LogP contribution is 2.43. The molecule has 32 heavy (non-hydrogen) atoms. The summed E-state index contributed by atoms with van der Waals surface area (Å²) < 4.78 is 11.8. The van der Waals surface area contributed by atoms with Crippen molar-refractivity contribution in [3.8, 4) is 11.5 Å². The van der Waals surface area contributed by atoms with Gasteiger partial charge < -0.3 is 14.4 Å². The summed E-state index contributed by atoms with van der Waals surface area (Å²) in [7, 11) is 0. The van der Waals surface area contributed by atoms with Crippen LogP contribution in [0.3, 0.4) is 0 Å². The van der Waals surface area contributed by atoms with Gasteiger partial charge in [-0.15, -0.1) is 0 Å². The molecule has 0 aromatic heterocycles. The zero-order valence-corrected chi connectivity index (χ0v) is 19.4. The molecule has 0 aliphatic carbocycles. The van der Waals surface area contributed by atoms with Crippen molar-refractivity contribution in [3.63, 3.8) is 0 Å². The molecule has 0 spiro atoms. The molecule has 4 heteroatoms. The van der Waals surface area contributed by atoms with Gasteiger partial charge in [-0.25, -0.2) is 0 Å². The van der Waals surface area contributed by atoms with Crippen LogP contribution in [-0.4, -0.2) is 19.1 Å². The summed E-state index contributed by atoms with van der Waals surface area (Å²) in [5.74, 6) is 1.50. The minimum atomic E-state index is -0.227. The Morgan fingerprint density at radius 3 is 2.09 bits per heavy atom. The fourth-order valence-electron chi connectivity index (χ4n) is 4.36. The summed E-state index contributed by atoms with van der Waals surface area (Å²) in [5.41, 5.74) is 6.52. The number of benzene rings is 3. The quantitative estimate of drug-likeness (QED) is 0.460. The first-order chi connectivity index (χ1) is 15.5. The van der Waals surface area contributed by atoms with E-state index in [1.807, 2.05) is 36.9 Å². The number of amides is 1. The summed E-state index contributed by atoms with van der Waals surface area (Å²) in [4.78, 5) is 15.4. The molecule has 3 aromatic rings. The largest absolute Gasteiger partial charge is 0.490 e. The van der Waals surface area contributed by atoms with Gasteiger partial charge in [-0.1, -0.05) is 48.9 Å². The highest BCUT2D eigenvalue weighted by Gasteiger charge is 2.36. The molecule has 1 heterocycles. The molecule has 0 saturated heterocycles. The van der Waals surface area contributed by atoms with Crippen molar-refractivity contribution < 1.29 is 14.3 Å². The van der Waals surface area contributed by atoms with Crippen molar-refractivity contribution in [2.24, 2.45) is 0 Å². The van der Waals surface area contributed by atoms with E-state index in [2.05, 4.69) is 56.3 Å². The van der Waals surface area contributed by atoms with Crippen LogP contribution in [0.1, 0.15) is 54.6 Å². The summed E-state index contributed by atoms with van der Waals surface area (Å²) >= 11 is 0. The Labute approximate surface area is 190 Å². The van der Waals surface area contributed by atoms with Crippen LogP contribution < -0.4 is 14.4 Å². The summed E-state index contributed by atoms with van der Waals surface area (Å²) in [6.07, 6.45) is 1.31. The second-order valence-corrected chi connectivity index (χ2v) is 8.14. The highest BCUT2D eigenvalue weighted by atomic mass is 16.5. The SMILES string of the molecule is CCOc1cc2c(cc1OCC)C(c1ccc(CC)cc1)N(c1ccc(C)cc1)C(=O)C2. The van der Waals surface area contributed by atoms with E-state index < -0.39 is 0 Å². The number of rotatable bonds is 7. The van der Waals surface area contributed by atoms with E-state index in [0.717, 1.165) is 34.5 Å². The van der Waals surface area contributed by atoms with Crippen molar-refractivity contribution in [2.45, 2.75) is 46.6 Å². The van der Waals surface area contributed by atoms with Gasteiger partial charge in [0.2, 0.25) is 5.91 Å². The number of aryl methyl sites for hydroxylation is 2. The number of nitrogens with zero attached hydrogens (tertiary/aromatic N) is 1. The van der Waals surface area contributed by atoms with Gasteiger partial charge in [0.15, 0.2) is 11.5 Å². The fraction of sp³-hybridized carbons (Fsp3) is 0.321. The second-order valence-electron chi connectivity index (χ2n) is 8.14. The minimum absolute atomic E-state index is 0.0810. The van der Waals surface area contributed by atoms with Crippen LogP contribution in [-0.2, 0) is 17.6 Å². The molecular formula is C28H31NO3. The first-order valence-corrected chi connectivity index (χ1v) is 11.5. The Morgan fingerprint density at radius 1 is 0.875 bits per heavy atom. The Hall–Kier alpha value is -3.27. The van der Waals surface area contributed by atoms with Gasteiger partial charge in [0.05, 0.1) is 25.7 Å². The number of carbonyl (C=O) groups excluding carboxylic acids is 1. The third-order valence-corrected chi connectivity index (χ3v) is 5.98. The standard InChI is InChI=1S/C28H31NO3/c1-5-20-10-12-21(13-11-20)28-24-18-26(32-7-3)25(31-6-2)16-22(24)17-27(30)29(28)23-14-8-19(4)9-15-23/h8-16,18,28H,5-7,17H2,1-4H3. The van der Waals surface area contributed by atoms with Gasteiger partial charge >= 0.3 is 0 Å². The van der Waals surface area contributed by atoms with Gasteiger partial charge in [-0.05, 0) is 73.7 Å². The van der Waals surface area contributed by atoms with Gasteiger partial charge in [-0.3, -0.25) is 4.79 Å². The number of hydrogen-bond acceptors (Lipinski definition) is 3. The summed E-state index contributed by atoms with van der Waals surface area (Å²) in [6, 6.07) is 20.6. The lowest BCUT2D eigenvalue weighted by Crippen LogP contribution is -2.41. The first-order valence-electron chi connectivity index (χ1n) is 11.5. The molecule has 1 atom stereocenters. The molecule has 166 valence electrons. The molecule has 0 fully saturated rings. The maximum Gasteiger partial charge on any atom is 0.232 e. The van der Waals surface area contributed by atoms with Gasteiger partial charge in [0, 0.05) is 5.69 Å². The second kappa shape index (κ2) is 9.47. The maximum absolute atomic E-state index is 13.5. The van der Waals surface area contributed by atoms with Crippen molar-refractivity contribution in [1.29, 1.82) is 0 Å². The maximum atomic E-state index is 13.5. The molecule has 0 saturated carbocycles. The molecule has 1 unspecified atom stereocenters. The van der Waals surface area contributed by atoms with Crippen LogP contribution in [0.2, 0.25) is 0 Å². The molecule has 0 bridgehead atoms. The molecule has 0 N–H and O–H groups in total. The zero-order valence-electron chi connectivity index (χ0n) is 19.4. The van der Waals surface area contributed by atoms with Crippen LogP contribution in [0.25, 0.3) is 0 Å². The molecular weight excluding hydrogens is 398 g/mol. The van der Waals surface area contributed by atoms with Crippen LogP contribution in [0.4, 0.5) is 5.69 Å². The summed E-state index contributed by atoms with van der Waals surface area (Å²) in [6.45, 7) is 9.23. The number of ether oxygens (including phenoxy) is 2. The normalized spacial score (nSPS) is 15.4. The first kappa shape index (κ1) is 21.9. The molecule has 4 rings (SSSR count). The van der Waals surface area contributed by atoms with Crippen molar-refractivity contribution in [3.05, 3.63) is 88.5 Å². The average Bonchev–Trinajstić information content (AvgIpc) is 2.80. The lowest BCUT2D eigenvalue weighted by atomic mass is 9.86. The lowest BCUT2D eigenvalue weighted by Gasteiger charge is -2.38. The molecule has 0 radical (unpaired) electrons. The topological polar surface area (TPSA) is 38.8 Å². The molecule has 1 amide bonds. The third-order valence-electron chi connectivity index (χ3n) is 5.98. The predicted octanol–water partition coefficient (Wildman–Crippen LogP) is 6.03. The monoisotopic (exact) mass is 429 g/mol. The van der Waals surface area contributed by atoms with E-state index in [9.17, 15) is 4.79 Å². The third kappa shape index (κ3) is 4.22. The van der Waals surface area contributed by atoms with Crippen molar-refractivity contribution in [2.75, 3.05) is 18.1 Å².